The van der Waals surface area contributed by atoms with E-state index in [2.05, 4.69) is 52.5 Å². The van der Waals surface area contributed by atoms with Gasteiger partial charge in [-0.3, -0.25) is 4.72 Å². The number of halogens is 3. The molecular formula is C9H10Br3NO2S. The van der Waals surface area contributed by atoms with Crippen LogP contribution in [0.15, 0.2) is 25.6 Å². The average molecular weight is 436 g/mol. The summed E-state index contributed by atoms with van der Waals surface area (Å²) < 4.78 is 28.0. The summed E-state index contributed by atoms with van der Waals surface area (Å²) in [6.45, 7) is 1.82. The fourth-order valence-corrected chi connectivity index (χ4v) is 5.00. The molecule has 0 aliphatic rings. The maximum absolute atomic E-state index is 11.6. The second-order valence-corrected chi connectivity index (χ2v) is 7.63. The van der Waals surface area contributed by atoms with Crippen LogP contribution in [0.2, 0.25) is 0 Å². The normalized spacial score (nSPS) is 11.5. The lowest BCUT2D eigenvalue weighted by atomic mass is 10.3. The smallest absolute Gasteiger partial charge is 0.232 e. The maximum Gasteiger partial charge on any atom is 0.232 e. The van der Waals surface area contributed by atoms with E-state index in [0.717, 1.165) is 4.47 Å². The zero-order valence-corrected chi connectivity index (χ0v) is 14.0. The summed E-state index contributed by atoms with van der Waals surface area (Å²) in [6, 6.07) is 3.57. The molecule has 1 aromatic rings. The van der Waals surface area contributed by atoms with Crippen molar-refractivity contribution in [1.29, 1.82) is 0 Å². The van der Waals surface area contributed by atoms with Gasteiger partial charge >= 0.3 is 0 Å². The van der Waals surface area contributed by atoms with Gasteiger partial charge in [-0.1, -0.05) is 22.9 Å². The molecule has 0 saturated heterocycles. The first-order chi connectivity index (χ1) is 7.35. The fraction of sp³-hybridized carbons (Fsp3) is 0.333. The molecule has 0 spiro atoms. The standard InChI is InChI=1S/C9H10Br3NO2S/c1-2-3-16(14,15)13-9-7(11)4-6(10)5-8(9)12/h4-5,13H,2-3H2,1H3. The van der Waals surface area contributed by atoms with E-state index < -0.39 is 10.0 Å². The minimum Gasteiger partial charge on any atom is -0.281 e. The van der Waals surface area contributed by atoms with Crippen LogP contribution in [0.5, 0.6) is 0 Å². The number of sulfonamides is 1. The Morgan fingerprint density at radius 3 is 2.12 bits per heavy atom. The van der Waals surface area contributed by atoms with E-state index in [9.17, 15) is 8.42 Å². The lowest BCUT2D eigenvalue weighted by Crippen LogP contribution is -2.16. The van der Waals surface area contributed by atoms with Crippen molar-refractivity contribution in [2.45, 2.75) is 13.3 Å². The lowest BCUT2D eigenvalue weighted by Gasteiger charge is -2.11. The van der Waals surface area contributed by atoms with Crippen LogP contribution in [0.1, 0.15) is 13.3 Å². The van der Waals surface area contributed by atoms with Crippen LogP contribution < -0.4 is 4.72 Å². The molecule has 0 bridgehead atoms. The molecule has 3 nitrogen and oxygen atoms in total. The SMILES string of the molecule is CCCS(=O)(=O)Nc1c(Br)cc(Br)cc1Br. The third-order valence-electron chi connectivity index (χ3n) is 1.74. The van der Waals surface area contributed by atoms with Crippen LogP contribution in [-0.2, 0) is 10.0 Å². The van der Waals surface area contributed by atoms with E-state index in [1.807, 2.05) is 6.92 Å². The largest absolute Gasteiger partial charge is 0.281 e. The first kappa shape index (κ1) is 14.5. The van der Waals surface area contributed by atoms with E-state index >= 15 is 0 Å². The van der Waals surface area contributed by atoms with Gasteiger partial charge in [0.05, 0.1) is 11.4 Å². The van der Waals surface area contributed by atoms with Crippen molar-refractivity contribution in [1.82, 2.24) is 0 Å². The highest BCUT2D eigenvalue weighted by atomic mass is 79.9. The molecule has 0 amide bonds. The number of rotatable bonds is 4. The van der Waals surface area contributed by atoms with Gasteiger partial charge in [-0.2, -0.15) is 0 Å². The third kappa shape index (κ3) is 4.01. The summed E-state index contributed by atoms with van der Waals surface area (Å²) in [5.74, 6) is 0.113. The summed E-state index contributed by atoms with van der Waals surface area (Å²) in [5.41, 5.74) is 0.525. The zero-order chi connectivity index (χ0) is 12.3. The van der Waals surface area contributed by atoms with Crippen molar-refractivity contribution >= 4 is 63.5 Å². The summed E-state index contributed by atoms with van der Waals surface area (Å²) in [4.78, 5) is 0. The average Bonchev–Trinajstić information content (AvgIpc) is 2.11. The van der Waals surface area contributed by atoms with Gasteiger partial charge in [0.15, 0.2) is 0 Å². The Kier molecular flexibility index (Phi) is 5.28. The van der Waals surface area contributed by atoms with Crippen LogP contribution >= 0.6 is 47.8 Å². The summed E-state index contributed by atoms with van der Waals surface area (Å²) in [6.07, 6.45) is 0.584. The highest BCUT2D eigenvalue weighted by molar-refractivity contribution is 9.11. The minimum absolute atomic E-state index is 0.113. The van der Waals surface area contributed by atoms with E-state index in [1.165, 1.54) is 0 Å². The Morgan fingerprint density at radius 2 is 1.69 bits per heavy atom. The molecule has 7 heteroatoms. The first-order valence-corrected chi connectivity index (χ1v) is 8.54. The first-order valence-electron chi connectivity index (χ1n) is 4.50. The number of hydrogen-bond acceptors (Lipinski definition) is 2. The molecule has 0 radical (unpaired) electrons. The zero-order valence-electron chi connectivity index (χ0n) is 8.43. The molecule has 90 valence electrons. The molecule has 0 atom stereocenters. The molecule has 1 N–H and O–H groups in total. The van der Waals surface area contributed by atoms with Gasteiger partial charge in [-0.25, -0.2) is 8.42 Å². The Balaban J connectivity index is 3.07. The van der Waals surface area contributed by atoms with Crippen molar-refractivity contribution < 1.29 is 8.42 Å². The molecule has 0 aliphatic carbocycles. The van der Waals surface area contributed by atoms with Crippen LogP contribution in [0.3, 0.4) is 0 Å². The van der Waals surface area contributed by atoms with Crippen molar-refractivity contribution in [3.63, 3.8) is 0 Å². The van der Waals surface area contributed by atoms with Gasteiger partial charge < -0.3 is 0 Å². The predicted octanol–water partition coefficient (Wildman–Crippen LogP) is 4.13. The van der Waals surface area contributed by atoms with Gasteiger partial charge in [0, 0.05) is 13.4 Å². The van der Waals surface area contributed by atoms with Crippen molar-refractivity contribution in [3.05, 3.63) is 25.6 Å². The van der Waals surface area contributed by atoms with Gasteiger partial charge in [0.1, 0.15) is 0 Å². The topological polar surface area (TPSA) is 46.2 Å². The highest BCUT2D eigenvalue weighted by Gasteiger charge is 2.14. The van der Waals surface area contributed by atoms with Crippen LogP contribution in [-0.4, -0.2) is 14.2 Å². The van der Waals surface area contributed by atoms with Crippen molar-refractivity contribution in [3.8, 4) is 0 Å². The van der Waals surface area contributed by atoms with Crippen molar-refractivity contribution in [2.75, 3.05) is 10.5 Å². The molecule has 0 fully saturated rings. The Morgan fingerprint density at radius 1 is 1.19 bits per heavy atom. The monoisotopic (exact) mass is 433 g/mol. The molecule has 0 aliphatic heterocycles. The Hall–Kier alpha value is 0.410. The molecule has 0 unspecified atom stereocenters. The second-order valence-electron chi connectivity index (χ2n) is 3.17. The highest BCUT2D eigenvalue weighted by Crippen LogP contribution is 2.34. The quantitative estimate of drug-likeness (QED) is 0.773. The molecule has 0 aromatic heterocycles. The molecule has 1 rings (SSSR count). The van der Waals surface area contributed by atoms with E-state index in [0.29, 0.717) is 21.1 Å². The Labute approximate surface area is 120 Å². The molecule has 1 aromatic carbocycles. The molecule has 0 saturated carbocycles. The summed E-state index contributed by atoms with van der Waals surface area (Å²) in [7, 11) is -3.27. The third-order valence-corrected chi connectivity index (χ3v) is 4.91. The van der Waals surface area contributed by atoms with Gasteiger partial charge in [-0.05, 0) is 50.4 Å². The van der Waals surface area contributed by atoms with Gasteiger partial charge in [0.25, 0.3) is 0 Å². The predicted molar refractivity (Wildman–Crippen MR) is 77.2 cm³/mol. The lowest BCUT2D eigenvalue weighted by molar-refractivity contribution is 0.600. The van der Waals surface area contributed by atoms with E-state index in [-0.39, 0.29) is 5.75 Å². The number of benzene rings is 1. The minimum atomic E-state index is -3.27. The maximum atomic E-state index is 11.6. The van der Waals surface area contributed by atoms with Crippen LogP contribution in [0.4, 0.5) is 5.69 Å². The molecule has 16 heavy (non-hydrogen) atoms. The molecular weight excluding hydrogens is 426 g/mol. The summed E-state index contributed by atoms with van der Waals surface area (Å²) in [5, 5.41) is 0. The van der Waals surface area contributed by atoms with Crippen molar-refractivity contribution in [2.24, 2.45) is 0 Å². The van der Waals surface area contributed by atoms with E-state index in [4.69, 9.17) is 0 Å². The number of anilines is 1. The van der Waals surface area contributed by atoms with Crippen LogP contribution in [0.25, 0.3) is 0 Å². The van der Waals surface area contributed by atoms with Gasteiger partial charge in [-0.15, -0.1) is 0 Å². The molecule has 0 heterocycles. The van der Waals surface area contributed by atoms with Crippen LogP contribution in [0, 0.1) is 0 Å². The second kappa shape index (κ2) is 5.84. The number of hydrogen-bond donors (Lipinski definition) is 1. The van der Waals surface area contributed by atoms with Gasteiger partial charge in [0.2, 0.25) is 10.0 Å². The fourth-order valence-electron chi connectivity index (χ4n) is 1.11. The van der Waals surface area contributed by atoms with E-state index in [1.54, 1.807) is 12.1 Å². The Bertz CT molecular complexity index is 465. The number of nitrogens with one attached hydrogen (secondary N) is 1. The summed E-state index contributed by atoms with van der Waals surface area (Å²) >= 11 is 9.95.